The van der Waals surface area contributed by atoms with Gasteiger partial charge in [0.05, 0.1) is 0 Å². The molecule has 1 heterocycles. The van der Waals surface area contributed by atoms with E-state index in [9.17, 15) is 9.90 Å². The van der Waals surface area contributed by atoms with Gasteiger partial charge in [-0.15, -0.1) is 0 Å². The molecule has 3 aliphatic rings. The minimum Gasteiger partial charge on any atom is -0.480 e. The van der Waals surface area contributed by atoms with Crippen molar-refractivity contribution in [3.8, 4) is 0 Å². The fraction of sp³-hybridized carbons (Fsp3) is 0.938. The lowest BCUT2D eigenvalue weighted by Gasteiger charge is -2.37. The zero-order valence-electron chi connectivity index (χ0n) is 13.2. The van der Waals surface area contributed by atoms with Gasteiger partial charge in [-0.05, 0) is 51.6 Å². The average molecular weight is 295 g/mol. The first-order valence-electron chi connectivity index (χ1n) is 8.54. The highest BCUT2D eigenvalue weighted by atomic mass is 16.4. The van der Waals surface area contributed by atoms with E-state index < -0.39 is 11.5 Å². The van der Waals surface area contributed by atoms with Crippen molar-refractivity contribution < 1.29 is 9.90 Å². The molecule has 0 spiro atoms. The third-order valence-electron chi connectivity index (χ3n) is 5.91. The highest BCUT2D eigenvalue weighted by Crippen LogP contribution is 2.38. The van der Waals surface area contributed by atoms with Gasteiger partial charge in [0.15, 0.2) is 0 Å². The second kappa shape index (κ2) is 6.23. The Balaban J connectivity index is 1.47. The maximum Gasteiger partial charge on any atom is 0.324 e. The molecule has 120 valence electrons. The summed E-state index contributed by atoms with van der Waals surface area (Å²) in [5.74, 6) is -0.382. The molecule has 2 unspecified atom stereocenters. The Kier molecular flexibility index (Phi) is 4.52. The van der Waals surface area contributed by atoms with Crippen LogP contribution in [0.1, 0.15) is 38.5 Å². The smallest absolute Gasteiger partial charge is 0.324 e. The van der Waals surface area contributed by atoms with Crippen molar-refractivity contribution in [2.75, 3.05) is 39.8 Å². The van der Waals surface area contributed by atoms with E-state index >= 15 is 0 Å². The van der Waals surface area contributed by atoms with E-state index in [-0.39, 0.29) is 5.92 Å². The third-order valence-corrected chi connectivity index (χ3v) is 5.91. The summed E-state index contributed by atoms with van der Waals surface area (Å²) in [5, 5.41) is 12.7. The topological polar surface area (TPSA) is 55.8 Å². The van der Waals surface area contributed by atoms with Crippen LogP contribution in [0.2, 0.25) is 0 Å². The molecule has 3 rings (SSSR count). The summed E-state index contributed by atoms with van der Waals surface area (Å²) in [4.78, 5) is 16.8. The molecule has 0 bridgehead atoms. The lowest BCUT2D eigenvalue weighted by atomic mass is 9.84. The van der Waals surface area contributed by atoms with Crippen molar-refractivity contribution in [1.29, 1.82) is 0 Å². The summed E-state index contributed by atoms with van der Waals surface area (Å²) in [6.45, 7) is 5.77. The zero-order chi connectivity index (χ0) is 14.9. The second-order valence-corrected chi connectivity index (χ2v) is 7.01. The summed E-state index contributed by atoms with van der Waals surface area (Å²) < 4.78 is 0. The summed E-state index contributed by atoms with van der Waals surface area (Å²) in [6, 6.07) is 0.880. The van der Waals surface area contributed by atoms with Crippen LogP contribution in [-0.4, -0.2) is 72.2 Å². The third kappa shape index (κ3) is 3.10. The van der Waals surface area contributed by atoms with Crippen molar-refractivity contribution in [2.45, 2.75) is 50.1 Å². The maximum absolute atomic E-state index is 11.7. The summed E-state index contributed by atoms with van der Waals surface area (Å²) in [7, 11) is 1.81. The number of carbonyl (C=O) groups is 1. The van der Waals surface area contributed by atoms with E-state index in [1.807, 2.05) is 0 Å². The molecule has 3 fully saturated rings. The van der Waals surface area contributed by atoms with Gasteiger partial charge in [0.1, 0.15) is 5.54 Å². The van der Waals surface area contributed by atoms with Crippen LogP contribution in [0.4, 0.5) is 0 Å². The first-order chi connectivity index (χ1) is 10.2. The number of aliphatic carboxylic acids is 1. The summed E-state index contributed by atoms with van der Waals surface area (Å²) in [6.07, 6.45) is 6.66. The molecule has 5 heteroatoms. The Morgan fingerprint density at radius 3 is 2.52 bits per heavy atom. The molecule has 0 amide bonds. The first kappa shape index (κ1) is 15.3. The van der Waals surface area contributed by atoms with Crippen LogP contribution in [0.25, 0.3) is 0 Å². The predicted octanol–water partition coefficient (Wildman–Crippen LogP) is 0.999. The van der Waals surface area contributed by atoms with Gasteiger partial charge in [-0.25, -0.2) is 0 Å². The predicted molar refractivity (Wildman–Crippen MR) is 82.4 cm³/mol. The van der Waals surface area contributed by atoms with Crippen LogP contribution in [0, 0.1) is 5.92 Å². The Hall–Kier alpha value is -0.650. The van der Waals surface area contributed by atoms with E-state index in [4.69, 9.17) is 0 Å². The molecule has 1 aliphatic heterocycles. The fourth-order valence-electron chi connectivity index (χ4n) is 4.32. The standard InChI is InChI=1S/C16H29N3O2/c1-17-16(15(20)21)7-2-3-13(16)6-8-18-9-11-19(12-10-18)14-4-5-14/h13-14,17H,2-12H2,1H3,(H,20,21). The largest absolute Gasteiger partial charge is 0.480 e. The Morgan fingerprint density at radius 2 is 1.95 bits per heavy atom. The number of rotatable bonds is 6. The molecule has 2 aliphatic carbocycles. The minimum atomic E-state index is -0.671. The van der Waals surface area contributed by atoms with Crippen LogP contribution in [0.15, 0.2) is 0 Å². The van der Waals surface area contributed by atoms with Gasteiger partial charge in [-0.3, -0.25) is 9.69 Å². The van der Waals surface area contributed by atoms with Gasteiger partial charge < -0.3 is 15.3 Å². The van der Waals surface area contributed by atoms with E-state index in [0.29, 0.717) is 0 Å². The van der Waals surface area contributed by atoms with Crippen molar-refractivity contribution in [3.63, 3.8) is 0 Å². The highest BCUT2D eigenvalue weighted by Gasteiger charge is 2.47. The number of nitrogens with one attached hydrogen (secondary N) is 1. The minimum absolute atomic E-state index is 0.279. The molecule has 0 radical (unpaired) electrons. The quantitative estimate of drug-likeness (QED) is 0.766. The molecule has 21 heavy (non-hydrogen) atoms. The number of piperazine rings is 1. The van der Waals surface area contributed by atoms with Gasteiger partial charge in [0.25, 0.3) is 0 Å². The average Bonchev–Trinajstić information content (AvgIpc) is 3.25. The number of hydrogen-bond acceptors (Lipinski definition) is 4. The van der Waals surface area contributed by atoms with E-state index in [1.54, 1.807) is 7.05 Å². The molecule has 0 aromatic heterocycles. The fourth-order valence-corrected chi connectivity index (χ4v) is 4.32. The lowest BCUT2D eigenvalue weighted by molar-refractivity contribution is -0.146. The van der Waals surface area contributed by atoms with Gasteiger partial charge in [0, 0.05) is 32.2 Å². The van der Waals surface area contributed by atoms with Crippen molar-refractivity contribution >= 4 is 5.97 Å². The first-order valence-corrected chi connectivity index (χ1v) is 8.54. The van der Waals surface area contributed by atoms with Crippen LogP contribution < -0.4 is 5.32 Å². The number of carboxylic acid groups (broad SMARTS) is 1. The monoisotopic (exact) mass is 295 g/mol. The summed E-state index contributed by atoms with van der Waals surface area (Å²) >= 11 is 0. The Labute approximate surface area is 127 Å². The van der Waals surface area contributed by atoms with E-state index in [1.165, 1.54) is 25.9 Å². The zero-order valence-corrected chi connectivity index (χ0v) is 13.2. The second-order valence-electron chi connectivity index (χ2n) is 7.01. The van der Waals surface area contributed by atoms with Gasteiger partial charge in [-0.1, -0.05) is 6.42 Å². The van der Waals surface area contributed by atoms with E-state index in [2.05, 4.69) is 15.1 Å². The molecular weight excluding hydrogens is 266 g/mol. The molecular formula is C16H29N3O2. The maximum atomic E-state index is 11.7. The van der Waals surface area contributed by atoms with Gasteiger partial charge >= 0.3 is 5.97 Å². The molecule has 2 atom stereocenters. The SMILES string of the molecule is CNC1(C(=O)O)CCCC1CCN1CCN(C2CC2)CC1. The number of likely N-dealkylation sites (N-methyl/N-ethyl adjacent to an activating group) is 1. The molecule has 5 nitrogen and oxygen atoms in total. The van der Waals surface area contributed by atoms with Gasteiger partial charge in [0.2, 0.25) is 0 Å². The highest BCUT2D eigenvalue weighted by molar-refractivity contribution is 5.79. The normalized spacial score (nSPS) is 35.2. The molecule has 2 saturated carbocycles. The number of nitrogens with zero attached hydrogens (tertiary/aromatic N) is 2. The van der Waals surface area contributed by atoms with Crippen LogP contribution in [0.5, 0.6) is 0 Å². The van der Waals surface area contributed by atoms with Crippen molar-refractivity contribution in [1.82, 2.24) is 15.1 Å². The Morgan fingerprint density at radius 1 is 1.24 bits per heavy atom. The van der Waals surface area contributed by atoms with Crippen molar-refractivity contribution in [2.24, 2.45) is 5.92 Å². The Bertz CT molecular complexity index is 378. The molecule has 1 saturated heterocycles. The molecule has 0 aromatic rings. The van der Waals surface area contributed by atoms with Gasteiger partial charge in [-0.2, -0.15) is 0 Å². The number of hydrogen-bond donors (Lipinski definition) is 2. The summed E-state index contributed by atoms with van der Waals surface area (Å²) in [5.41, 5.74) is -0.671. The van der Waals surface area contributed by atoms with Crippen molar-refractivity contribution in [3.05, 3.63) is 0 Å². The molecule has 0 aromatic carbocycles. The van der Waals surface area contributed by atoms with Crippen LogP contribution in [-0.2, 0) is 4.79 Å². The van der Waals surface area contributed by atoms with Crippen LogP contribution >= 0.6 is 0 Å². The van der Waals surface area contributed by atoms with E-state index in [0.717, 1.165) is 51.4 Å². The number of carboxylic acids is 1. The molecule has 2 N–H and O–H groups in total. The lowest BCUT2D eigenvalue weighted by Crippen LogP contribution is -2.54. The van der Waals surface area contributed by atoms with Crippen LogP contribution in [0.3, 0.4) is 0 Å².